The van der Waals surface area contributed by atoms with Gasteiger partial charge in [0.15, 0.2) is 0 Å². The van der Waals surface area contributed by atoms with E-state index in [0.717, 1.165) is 35.9 Å². The van der Waals surface area contributed by atoms with E-state index in [-0.39, 0.29) is 24.8 Å². The molecule has 2 nitrogen and oxygen atoms in total. The topological polar surface area (TPSA) is 26.3 Å². The monoisotopic (exact) mass is 578 g/mol. The minimum absolute atomic E-state index is 0. The van der Waals surface area contributed by atoms with Crippen LogP contribution in [0.3, 0.4) is 0 Å². The summed E-state index contributed by atoms with van der Waals surface area (Å²) in [4.78, 5) is 0. The molecule has 2 aromatic carbocycles. The van der Waals surface area contributed by atoms with Crippen LogP contribution in [0, 0.1) is 0 Å². The van der Waals surface area contributed by atoms with Crippen molar-refractivity contribution in [2.24, 2.45) is 0 Å². The van der Waals surface area contributed by atoms with Crippen LogP contribution in [0.1, 0.15) is 66.4 Å². The van der Waals surface area contributed by atoms with E-state index in [4.69, 9.17) is 8.83 Å². The van der Waals surface area contributed by atoms with Gasteiger partial charge in [0.1, 0.15) is 0 Å². The van der Waals surface area contributed by atoms with Crippen molar-refractivity contribution < 1.29 is 56.9 Å². The summed E-state index contributed by atoms with van der Waals surface area (Å²) < 4.78 is 13.4. The molecule has 0 fully saturated rings. The molecule has 2 heterocycles. The van der Waals surface area contributed by atoms with Crippen molar-refractivity contribution in [2.75, 3.05) is 0 Å². The second-order valence-corrected chi connectivity index (χ2v) is 12.4. The molecule has 2 aliphatic carbocycles. The molecule has 2 aliphatic rings. The number of benzene rings is 2. The van der Waals surface area contributed by atoms with Gasteiger partial charge in [-0.2, -0.15) is 0 Å². The minimum Gasteiger partial charge on any atom is -1.00 e. The van der Waals surface area contributed by atoms with Gasteiger partial charge in [0.2, 0.25) is 0 Å². The molecular formula is C30H26Cl2O2Zr. The molecule has 5 heteroatoms. The average molecular weight is 581 g/mol. The molecule has 0 radical (unpaired) electrons. The summed E-state index contributed by atoms with van der Waals surface area (Å²) in [7, 11) is 0. The van der Waals surface area contributed by atoms with Crippen molar-refractivity contribution in [1.82, 2.24) is 0 Å². The molecule has 0 aliphatic heterocycles. The molecule has 0 amide bonds. The standard InChI is InChI=1S/2C15H13O.2ClH.Zr/c2*1-2-14-7-8-15(16-14)13-9-11-5-3-4-6-12(11)10-13;;;/h2*3-10H,2H2,1H3;2*1H;/q;;;;+2/p-2. The number of fused-ring (bicyclic) bond motifs is 2. The summed E-state index contributed by atoms with van der Waals surface area (Å²) in [6.07, 6.45) is 6.58. The Labute approximate surface area is 230 Å². The summed E-state index contributed by atoms with van der Waals surface area (Å²) in [5.41, 5.74) is 8.34. The SMILES string of the molecule is CCc1ccc(C2=Cc3ccccc3[CH]2[Zr+2][CH]2C(c3ccc(CC)o3)=Cc3ccccc32)o1.[Cl-].[Cl-]. The van der Waals surface area contributed by atoms with Gasteiger partial charge in [0.05, 0.1) is 0 Å². The molecule has 0 saturated heterocycles. The van der Waals surface area contributed by atoms with Gasteiger partial charge in [-0.1, -0.05) is 0 Å². The zero-order valence-electron chi connectivity index (χ0n) is 19.7. The van der Waals surface area contributed by atoms with Crippen LogP contribution in [0.4, 0.5) is 0 Å². The summed E-state index contributed by atoms with van der Waals surface area (Å²) in [6, 6.07) is 26.4. The van der Waals surface area contributed by atoms with E-state index in [0.29, 0.717) is 7.25 Å². The first-order valence-electron chi connectivity index (χ1n) is 11.8. The summed E-state index contributed by atoms with van der Waals surface area (Å²) in [5.74, 6) is 4.19. The maximum absolute atomic E-state index is 6.27. The number of hydrogen-bond acceptors (Lipinski definition) is 2. The molecule has 0 bridgehead atoms. The maximum Gasteiger partial charge on any atom is -1.00 e. The predicted octanol–water partition coefficient (Wildman–Crippen LogP) is 1.98. The van der Waals surface area contributed by atoms with E-state index in [2.05, 4.69) is 98.8 Å². The molecule has 0 spiro atoms. The average Bonchev–Trinajstić information content (AvgIpc) is 3.64. The van der Waals surface area contributed by atoms with E-state index in [1.807, 2.05) is 0 Å². The van der Waals surface area contributed by atoms with E-state index in [1.54, 1.807) is 0 Å². The molecule has 176 valence electrons. The number of furan rings is 2. The van der Waals surface area contributed by atoms with Gasteiger partial charge >= 0.3 is 207 Å². The van der Waals surface area contributed by atoms with Gasteiger partial charge in [-0.05, 0) is 0 Å². The zero-order chi connectivity index (χ0) is 22.4. The second kappa shape index (κ2) is 10.9. The molecule has 2 atom stereocenters. The largest absolute Gasteiger partial charge is 1.00 e. The van der Waals surface area contributed by atoms with Crippen LogP contribution >= 0.6 is 0 Å². The Kier molecular flexibility index (Phi) is 8.11. The van der Waals surface area contributed by atoms with Crippen LogP contribution in [0.25, 0.3) is 23.3 Å². The maximum atomic E-state index is 6.27. The summed E-state index contributed by atoms with van der Waals surface area (Å²) in [6.45, 7) is 4.30. The van der Waals surface area contributed by atoms with Gasteiger partial charge in [-0.3, -0.25) is 0 Å². The quantitative estimate of drug-likeness (QED) is 0.349. The third-order valence-corrected chi connectivity index (χ3v) is 11.5. The third kappa shape index (κ3) is 4.71. The Bertz CT molecular complexity index is 1290. The van der Waals surface area contributed by atoms with Crippen LogP contribution in [0.5, 0.6) is 0 Å². The van der Waals surface area contributed by atoms with Crippen molar-refractivity contribution in [1.29, 1.82) is 0 Å². The van der Waals surface area contributed by atoms with Gasteiger partial charge < -0.3 is 24.8 Å². The van der Waals surface area contributed by atoms with Crippen molar-refractivity contribution in [2.45, 2.75) is 33.9 Å². The van der Waals surface area contributed by atoms with Crippen LogP contribution in [-0.4, -0.2) is 0 Å². The van der Waals surface area contributed by atoms with Gasteiger partial charge in [0, 0.05) is 0 Å². The van der Waals surface area contributed by atoms with Crippen LogP contribution < -0.4 is 24.8 Å². The van der Waals surface area contributed by atoms with E-state index < -0.39 is 23.2 Å². The number of halogens is 2. The van der Waals surface area contributed by atoms with Crippen LogP contribution in [0.2, 0.25) is 0 Å². The van der Waals surface area contributed by atoms with Crippen molar-refractivity contribution in [3.8, 4) is 0 Å². The Morgan fingerprint density at radius 2 is 1.03 bits per heavy atom. The van der Waals surface area contributed by atoms with E-state index in [1.165, 1.54) is 33.4 Å². The van der Waals surface area contributed by atoms with Gasteiger partial charge in [-0.15, -0.1) is 0 Å². The first kappa shape index (κ1) is 26.0. The Morgan fingerprint density at radius 3 is 1.43 bits per heavy atom. The third-order valence-electron chi connectivity index (χ3n) is 6.78. The normalized spacial score (nSPS) is 17.4. The van der Waals surface area contributed by atoms with E-state index >= 15 is 0 Å². The van der Waals surface area contributed by atoms with Crippen molar-refractivity contribution in [3.05, 3.63) is 118 Å². The Hall–Kier alpha value is -2.06. The minimum atomic E-state index is -1.06. The first-order chi connectivity index (χ1) is 16.2. The summed E-state index contributed by atoms with van der Waals surface area (Å²) >= 11 is -1.06. The fourth-order valence-corrected chi connectivity index (χ4v) is 10.0. The fourth-order valence-electron chi connectivity index (χ4n) is 5.05. The predicted molar refractivity (Wildman–Crippen MR) is 130 cm³/mol. The van der Waals surface area contributed by atoms with Crippen LogP contribution in [0.15, 0.2) is 81.6 Å². The molecule has 35 heavy (non-hydrogen) atoms. The fraction of sp³-hybridized carbons (Fsp3) is 0.200. The van der Waals surface area contributed by atoms with E-state index in [9.17, 15) is 0 Å². The summed E-state index contributed by atoms with van der Waals surface area (Å²) in [5, 5.41) is 0. The number of rotatable bonds is 6. The molecule has 2 unspecified atom stereocenters. The Morgan fingerprint density at radius 1 is 0.600 bits per heavy atom. The molecule has 4 aromatic rings. The number of aryl methyl sites for hydroxylation is 2. The number of allylic oxidation sites excluding steroid dienone is 2. The molecule has 2 aromatic heterocycles. The molecule has 0 N–H and O–H groups in total. The second-order valence-electron chi connectivity index (χ2n) is 8.73. The first-order valence-corrected chi connectivity index (χ1v) is 14.6. The van der Waals surface area contributed by atoms with Gasteiger partial charge in [0.25, 0.3) is 0 Å². The molecular weight excluding hydrogens is 554 g/mol. The van der Waals surface area contributed by atoms with Gasteiger partial charge in [-0.25, -0.2) is 0 Å². The van der Waals surface area contributed by atoms with Crippen molar-refractivity contribution >= 4 is 23.3 Å². The van der Waals surface area contributed by atoms with Crippen molar-refractivity contribution in [3.63, 3.8) is 0 Å². The Balaban J connectivity index is 0.00000144. The zero-order valence-corrected chi connectivity index (χ0v) is 23.7. The molecule has 0 saturated carbocycles. The molecule has 6 rings (SSSR count). The smallest absolute Gasteiger partial charge is 1.00 e. The number of hydrogen-bond donors (Lipinski definition) is 0. The van der Waals surface area contributed by atoms with Crippen LogP contribution in [-0.2, 0) is 36.1 Å².